The molecule has 5 nitrogen and oxygen atoms in total. The maximum Gasteiger partial charge on any atom is 0.206 e. The third kappa shape index (κ3) is 3.08. The van der Waals surface area contributed by atoms with Crippen molar-refractivity contribution < 1.29 is 0 Å². The van der Waals surface area contributed by atoms with E-state index in [4.69, 9.17) is 0 Å². The van der Waals surface area contributed by atoms with E-state index in [0.29, 0.717) is 0 Å². The zero-order valence-corrected chi connectivity index (χ0v) is 14.2. The van der Waals surface area contributed by atoms with Crippen LogP contribution in [0.4, 0.5) is 0 Å². The van der Waals surface area contributed by atoms with Crippen molar-refractivity contribution >= 4 is 21.6 Å². The highest BCUT2D eigenvalue weighted by atomic mass is 33.1. The van der Waals surface area contributed by atoms with Crippen LogP contribution in [0.3, 0.4) is 0 Å². The van der Waals surface area contributed by atoms with E-state index in [9.17, 15) is 0 Å². The fourth-order valence-corrected chi connectivity index (χ4v) is 4.23. The van der Waals surface area contributed by atoms with Crippen LogP contribution in [0.15, 0.2) is 89.7 Å². The number of hydrogen-bond donors (Lipinski definition) is 0. The molecule has 0 spiro atoms. The quantitative estimate of drug-likeness (QED) is 0.503. The maximum absolute atomic E-state index is 4.44. The van der Waals surface area contributed by atoms with E-state index in [0.717, 1.165) is 21.7 Å². The highest BCUT2D eigenvalue weighted by Crippen LogP contribution is 2.36. The van der Waals surface area contributed by atoms with Gasteiger partial charge < -0.3 is 0 Å². The topological polar surface area (TPSA) is 48.5 Å². The fourth-order valence-electron chi connectivity index (χ4n) is 2.26. The second kappa shape index (κ2) is 6.94. The van der Waals surface area contributed by atoms with Crippen molar-refractivity contribution in [3.63, 3.8) is 0 Å². The normalized spacial score (nSPS) is 10.8. The van der Waals surface area contributed by atoms with E-state index in [2.05, 4.69) is 31.9 Å². The third-order valence-corrected chi connectivity index (χ3v) is 5.49. The number of nitrogens with zero attached hydrogens (tertiary/aromatic N) is 5. The van der Waals surface area contributed by atoms with Gasteiger partial charge in [-0.3, -0.25) is 9.13 Å². The molecule has 0 atom stereocenters. The second-order valence-electron chi connectivity index (χ2n) is 4.90. The SMILES string of the molecule is c1ccc(-n2ccnc2SSc2nncn2-c2ccccc2)cc1. The number of para-hydroxylation sites is 2. The molecule has 0 unspecified atom stereocenters. The summed E-state index contributed by atoms with van der Waals surface area (Å²) in [6.45, 7) is 0. The zero-order chi connectivity index (χ0) is 16.2. The van der Waals surface area contributed by atoms with Gasteiger partial charge in [0, 0.05) is 23.8 Å². The first kappa shape index (κ1) is 15.0. The van der Waals surface area contributed by atoms with Crippen molar-refractivity contribution in [3.8, 4) is 11.4 Å². The lowest BCUT2D eigenvalue weighted by atomic mass is 10.3. The van der Waals surface area contributed by atoms with Gasteiger partial charge in [-0.15, -0.1) is 10.2 Å². The lowest BCUT2D eigenvalue weighted by Gasteiger charge is -2.07. The van der Waals surface area contributed by atoms with Crippen molar-refractivity contribution in [2.75, 3.05) is 0 Å². The van der Waals surface area contributed by atoms with Gasteiger partial charge in [0.2, 0.25) is 5.16 Å². The summed E-state index contributed by atoms with van der Waals surface area (Å²) in [5, 5.41) is 9.95. The molecule has 0 N–H and O–H groups in total. The monoisotopic (exact) mass is 351 g/mol. The van der Waals surface area contributed by atoms with Crippen LogP contribution in [0.25, 0.3) is 11.4 Å². The van der Waals surface area contributed by atoms with Crippen LogP contribution >= 0.6 is 21.6 Å². The van der Waals surface area contributed by atoms with Gasteiger partial charge in [-0.1, -0.05) is 36.4 Å². The molecule has 0 aliphatic heterocycles. The summed E-state index contributed by atoms with van der Waals surface area (Å²) in [6, 6.07) is 20.2. The Labute approximate surface area is 147 Å². The van der Waals surface area contributed by atoms with Crippen LogP contribution < -0.4 is 0 Å². The summed E-state index contributed by atoms with van der Waals surface area (Å²) in [4.78, 5) is 4.44. The molecule has 0 fully saturated rings. The van der Waals surface area contributed by atoms with Crippen LogP contribution in [0.2, 0.25) is 0 Å². The molecular weight excluding hydrogens is 338 g/mol. The maximum atomic E-state index is 4.44. The number of imidazole rings is 1. The molecule has 0 saturated heterocycles. The second-order valence-corrected chi connectivity index (χ2v) is 6.96. The average Bonchev–Trinajstić information content (AvgIpc) is 3.30. The first-order valence-corrected chi connectivity index (χ1v) is 9.45. The molecule has 0 aliphatic carbocycles. The van der Waals surface area contributed by atoms with Gasteiger partial charge in [0.25, 0.3) is 0 Å². The molecule has 0 bridgehead atoms. The van der Waals surface area contributed by atoms with Gasteiger partial charge in [0.15, 0.2) is 5.16 Å². The van der Waals surface area contributed by atoms with Crippen molar-refractivity contribution in [1.82, 2.24) is 24.3 Å². The van der Waals surface area contributed by atoms with Gasteiger partial charge in [0.05, 0.1) is 0 Å². The van der Waals surface area contributed by atoms with Gasteiger partial charge in [0.1, 0.15) is 6.33 Å². The summed E-state index contributed by atoms with van der Waals surface area (Å²) in [6.07, 6.45) is 5.49. The van der Waals surface area contributed by atoms with Crippen LogP contribution in [-0.4, -0.2) is 24.3 Å². The first-order valence-electron chi connectivity index (χ1n) is 7.30. The Hall–Kier alpha value is -2.51. The Morgan fingerprint density at radius 1 is 0.708 bits per heavy atom. The molecule has 0 aliphatic rings. The summed E-state index contributed by atoms with van der Waals surface area (Å²) in [7, 11) is 3.10. The molecule has 4 aromatic rings. The van der Waals surface area contributed by atoms with E-state index < -0.39 is 0 Å². The molecule has 4 rings (SSSR count). The minimum absolute atomic E-state index is 0.814. The van der Waals surface area contributed by atoms with Crippen molar-refractivity contribution in [3.05, 3.63) is 79.4 Å². The fraction of sp³-hybridized carbons (Fsp3) is 0. The van der Waals surface area contributed by atoms with Crippen LogP contribution in [0.5, 0.6) is 0 Å². The number of aromatic nitrogens is 5. The molecule has 7 heteroatoms. The lowest BCUT2D eigenvalue weighted by molar-refractivity contribution is 0.886. The van der Waals surface area contributed by atoms with Gasteiger partial charge in [-0.2, -0.15) is 0 Å². The van der Waals surface area contributed by atoms with E-state index in [1.807, 2.05) is 59.3 Å². The number of benzene rings is 2. The van der Waals surface area contributed by atoms with Crippen molar-refractivity contribution in [2.24, 2.45) is 0 Å². The molecule has 118 valence electrons. The highest BCUT2D eigenvalue weighted by Gasteiger charge is 2.11. The van der Waals surface area contributed by atoms with E-state index in [-0.39, 0.29) is 0 Å². The molecule has 2 heterocycles. The highest BCUT2D eigenvalue weighted by molar-refractivity contribution is 8.76. The van der Waals surface area contributed by atoms with Gasteiger partial charge >= 0.3 is 0 Å². The molecule has 0 saturated carbocycles. The minimum Gasteiger partial charge on any atom is -0.294 e. The Morgan fingerprint density at radius 2 is 1.33 bits per heavy atom. The Kier molecular flexibility index (Phi) is 4.35. The standard InChI is InChI=1S/C17H13N5S2/c1-3-7-14(8-4-1)21-12-11-18-16(21)23-24-17-20-19-13-22(17)15-9-5-2-6-10-15/h1-13H. The predicted molar refractivity (Wildman–Crippen MR) is 96.6 cm³/mol. The summed E-state index contributed by atoms with van der Waals surface area (Å²) in [5.74, 6) is 0. The summed E-state index contributed by atoms with van der Waals surface area (Å²) in [5.41, 5.74) is 2.12. The molecule has 2 aromatic carbocycles. The van der Waals surface area contributed by atoms with Crippen LogP contribution in [0.1, 0.15) is 0 Å². The number of hydrogen-bond acceptors (Lipinski definition) is 5. The molecule has 24 heavy (non-hydrogen) atoms. The molecule has 2 aromatic heterocycles. The number of rotatable bonds is 5. The smallest absolute Gasteiger partial charge is 0.206 e. The summed E-state index contributed by atoms with van der Waals surface area (Å²) < 4.78 is 4.02. The Bertz CT molecular complexity index is 841. The van der Waals surface area contributed by atoms with Crippen molar-refractivity contribution in [2.45, 2.75) is 10.3 Å². The van der Waals surface area contributed by atoms with E-state index in [1.165, 1.54) is 10.8 Å². The molecular formula is C17H13N5S2. The Morgan fingerprint density at radius 3 is 2.04 bits per heavy atom. The van der Waals surface area contributed by atoms with Gasteiger partial charge in [-0.25, -0.2) is 4.98 Å². The Balaban J connectivity index is 1.56. The third-order valence-electron chi connectivity index (χ3n) is 3.38. The van der Waals surface area contributed by atoms with E-state index in [1.54, 1.807) is 23.3 Å². The zero-order valence-electron chi connectivity index (χ0n) is 12.6. The largest absolute Gasteiger partial charge is 0.294 e. The van der Waals surface area contributed by atoms with Crippen LogP contribution in [0, 0.1) is 0 Å². The van der Waals surface area contributed by atoms with Crippen LogP contribution in [-0.2, 0) is 0 Å². The molecule has 0 amide bonds. The average molecular weight is 351 g/mol. The lowest BCUT2D eigenvalue weighted by Crippen LogP contribution is -1.95. The molecule has 0 radical (unpaired) electrons. The van der Waals surface area contributed by atoms with E-state index >= 15 is 0 Å². The first-order chi connectivity index (χ1) is 11.9. The predicted octanol–water partition coefficient (Wildman–Crippen LogP) is 4.25. The van der Waals surface area contributed by atoms with Crippen molar-refractivity contribution in [1.29, 1.82) is 0 Å². The van der Waals surface area contributed by atoms with Gasteiger partial charge in [-0.05, 0) is 45.9 Å². The summed E-state index contributed by atoms with van der Waals surface area (Å²) >= 11 is 0. The minimum atomic E-state index is 0.814.